The van der Waals surface area contributed by atoms with Crippen molar-refractivity contribution in [3.05, 3.63) is 0 Å². The Hall–Kier alpha value is 0. The second-order valence-corrected chi connectivity index (χ2v) is 3.55. The smallest absolute Gasteiger partial charge is 0.0352 e. The van der Waals surface area contributed by atoms with Crippen LogP contribution >= 0.6 is 0 Å². The van der Waals surface area contributed by atoms with Crippen LogP contribution < -0.4 is 0 Å². The van der Waals surface area contributed by atoms with E-state index in [9.17, 15) is 0 Å². The first kappa shape index (κ1) is 3.11. The van der Waals surface area contributed by atoms with E-state index < -0.39 is 0 Å². The van der Waals surface area contributed by atoms with Crippen molar-refractivity contribution in [3.63, 3.8) is 0 Å². The van der Waals surface area contributed by atoms with E-state index in [1.54, 1.807) is 19.3 Å². The molecular weight excluding hydrogens is 84.1 g/mol. The quantitative estimate of drug-likeness (QED) is 0.428. The Labute approximate surface area is 43.9 Å². The van der Waals surface area contributed by atoms with Gasteiger partial charge in [0, 0.05) is 0 Å². The zero-order valence-electron chi connectivity index (χ0n) is 4.43. The highest BCUT2D eigenvalue weighted by Gasteiger charge is 2.60. The molecular formula is C7H10. The Balaban J connectivity index is 2.13. The normalized spacial score (nSPS) is 72.0. The van der Waals surface area contributed by atoms with Crippen LogP contribution in [0.3, 0.4) is 0 Å². The standard InChI is InChI=1S/C7H10/c1-4-2-6-5(1)3-7(4)6/h4-7H,1-3H2. The van der Waals surface area contributed by atoms with Crippen molar-refractivity contribution in [2.45, 2.75) is 19.3 Å². The van der Waals surface area contributed by atoms with Crippen molar-refractivity contribution in [2.75, 3.05) is 0 Å². The van der Waals surface area contributed by atoms with Gasteiger partial charge in [0.15, 0.2) is 0 Å². The van der Waals surface area contributed by atoms with Crippen LogP contribution in [0.5, 0.6) is 0 Å². The van der Waals surface area contributed by atoms with Gasteiger partial charge in [-0.3, -0.25) is 0 Å². The Morgan fingerprint density at radius 2 is 1.29 bits per heavy atom. The molecule has 0 saturated heterocycles. The summed E-state index contributed by atoms with van der Waals surface area (Å²) in [5.41, 5.74) is 0. The maximum absolute atomic E-state index is 1.62. The van der Waals surface area contributed by atoms with Crippen LogP contribution in [-0.2, 0) is 0 Å². The zero-order chi connectivity index (χ0) is 4.43. The Kier molecular flexibility index (Phi) is 0.296. The summed E-state index contributed by atoms with van der Waals surface area (Å²) in [5, 5.41) is 0. The maximum Gasteiger partial charge on any atom is -0.0352 e. The molecule has 0 nitrogen and oxygen atoms in total. The average molecular weight is 94.2 g/mol. The molecule has 5 fully saturated rings. The van der Waals surface area contributed by atoms with E-state index >= 15 is 0 Å². The molecule has 4 bridgehead atoms. The molecule has 5 aliphatic carbocycles. The van der Waals surface area contributed by atoms with Gasteiger partial charge >= 0.3 is 0 Å². The maximum atomic E-state index is 1.62. The monoisotopic (exact) mass is 94.1 g/mol. The third-order valence-corrected chi connectivity index (χ3v) is 3.52. The van der Waals surface area contributed by atoms with Gasteiger partial charge in [0.25, 0.3) is 0 Å². The molecule has 0 amide bonds. The van der Waals surface area contributed by atoms with Crippen molar-refractivity contribution >= 4 is 0 Å². The number of hydrogen-bond acceptors (Lipinski definition) is 0. The van der Waals surface area contributed by atoms with Crippen molar-refractivity contribution in [1.82, 2.24) is 0 Å². The molecule has 0 aromatic heterocycles. The van der Waals surface area contributed by atoms with Crippen LogP contribution in [-0.4, -0.2) is 0 Å². The molecule has 5 rings (SSSR count). The van der Waals surface area contributed by atoms with Crippen LogP contribution in [0.15, 0.2) is 0 Å². The van der Waals surface area contributed by atoms with Crippen LogP contribution in [0.4, 0.5) is 0 Å². The third-order valence-electron chi connectivity index (χ3n) is 3.52. The van der Waals surface area contributed by atoms with Crippen molar-refractivity contribution in [3.8, 4) is 0 Å². The molecule has 5 aliphatic rings. The summed E-state index contributed by atoms with van der Waals surface area (Å²) in [4.78, 5) is 0. The molecule has 5 saturated carbocycles. The number of rotatable bonds is 0. The summed E-state index contributed by atoms with van der Waals surface area (Å²) in [6.07, 6.45) is 4.86. The first-order valence-electron chi connectivity index (χ1n) is 3.45. The van der Waals surface area contributed by atoms with Crippen LogP contribution in [0, 0.1) is 23.7 Å². The van der Waals surface area contributed by atoms with E-state index in [0.717, 1.165) is 0 Å². The summed E-state index contributed by atoms with van der Waals surface area (Å²) in [5.74, 6) is 4.97. The van der Waals surface area contributed by atoms with Gasteiger partial charge in [-0.25, -0.2) is 0 Å². The van der Waals surface area contributed by atoms with E-state index in [-0.39, 0.29) is 0 Å². The van der Waals surface area contributed by atoms with Crippen molar-refractivity contribution in [2.24, 2.45) is 23.7 Å². The third kappa shape index (κ3) is 0.167. The molecule has 0 radical (unpaired) electrons. The van der Waals surface area contributed by atoms with Gasteiger partial charge in [0.05, 0.1) is 0 Å². The minimum absolute atomic E-state index is 1.23. The van der Waals surface area contributed by atoms with Crippen LogP contribution in [0.1, 0.15) is 19.3 Å². The van der Waals surface area contributed by atoms with Crippen molar-refractivity contribution in [1.29, 1.82) is 0 Å². The predicted octanol–water partition coefficient (Wildman–Crippen LogP) is 1.66. The highest BCUT2D eigenvalue weighted by atomic mass is 14.7. The molecule has 38 valence electrons. The molecule has 0 aromatic rings. The second-order valence-electron chi connectivity index (χ2n) is 3.55. The fourth-order valence-corrected chi connectivity index (χ4v) is 3.02. The van der Waals surface area contributed by atoms with Gasteiger partial charge in [0.1, 0.15) is 0 Å². The topological polar surface area (TPSA) is 0 Å². The summed E-state index contributed by atoms with van der Waals surface area (Å²) in [6, 6.07) is 0. The largest absolute Gasteiger partial charge is 0.0470 e. The van der Waals surface area contributed by atoms with Gasteiger partial charge in [-0.1, -0.05) is 0 Å². The highest BCUT2D eigenvalue weighted by molar-refractivity contribution is 5.10. The summed E-state index contributed by atoms with van der Waals surface area (Å²) >= 11 is 0. The van der Waals surface area contributed by atoms with Gasteiger partial charge in [-0.2, -0.15) is 0 Å². The van der Waals surface area contributed by atoms with Crippen molar-refractivity contribution < 1.29 is 0 Å². The SMILES string of the molecule is C1C2CC3C1CC23. The molecule has 0 aliphatic heterocycles. The summed E-state index contributed by atoms with van der Waals surface area (Å²) < 4.78 is 0. The van der Waals surface area contributed by atoms with E-state index in [0.29, 0.717) is 0 Å². The first-order chi connectivity index (χ1) is 3.45. The summed E-state index contributed by atoms with van der Waals surface area (Å²) in [7, 11) is 0. The molecule has 0 aromatic carbocycles. The molecule has 0 N–H and O–H groups in total. The minimum Gasteiger partial charge on any atom is -0.0470 e. The van der Waals surface area contributed by atoms with Gasteiger partial charge < -0.3 is 0 Å². The Morgan fingerprint density at radius 1 is 0.714 bits per heavy atom. The van der Waals surface area contributed by atoms with E-state index in [2.05, 4.69) is 0 Å². The average Bonchev–Trinajstić information content (AvgIpc) is 2.14. The lowest BCUT2D eigenvalue weighted by Gasteiger charge is -2.45. The lowest BCUT2D eigenvalue weighted by molar-refractivity contribution is 0.0374. The Bertz CT molecular complexity index is 93.7. The van der Waals surface area contributed by atoms with Gasteiger partial charge in [0.2, 0.25) is 0 Å². The van der Waals surface area contributed by atoms with Crippen LogP contribution in [0.25, 0.3) is 0 Å². The zero-order valence-corrected chi connectivity index (χ0v) is 4.43. The molecule has 4 atom stereocenters. The van der Waals surface area contributed by atoms with E-state index in [1.807, 2.05) is 0 Å². The first-order valence-corrected chi connectivity index (χ1v) is 3.45. The van der Waals surface area contributed by atoms with Gasteiger partial charge in [-0.15, -0.1) is 0 Å². The molecule has 4 unspecified atom stereocenters. The van der Waals surface area contributed by atoms with E-state index in [4.69, 9.17) is 0 Å². The molecule has 7 heavy (non-hydrogen) atoms. The lowest BCUT2D eigenvalue weighted by Crippen LogP contribution is -2.38. The second kappa shape index (κ2) is 0.667. The molecule has 0 heterocycles. The molecule has 0 spiro atoms. The predicted molar refractivity (Wildman–Crippen MR) is 27.8 cm³/mol. The fourth-order valence-electron chi connectivity index (χ4n) is 3.02. The van der Waals surface area contributed by atoms with Gasteiger partial charge in [-0.05, 0) is 42.9 Å². The fraction of sp³-hybridized carbons (Fsp3) is 1.00. The number of hydrogen-bond donors (Lipinski definition) is 0. The summed E-state index contributed by atoms with van der Waals surface area (Å²) in [6.45, 7) is 0. The van der Waals surface area contributed by atoms with Crippen LogP contribution in [0.2, 0.25) is 0 Å². The lowest BCUT2D eigenvalue weighted by atomic mass is 9.60. The van der Waals surface area contributed by atoms with E-state index in [1.165, 1.54) is 23.7 Å². The Morgan fingerprint density at radius 3 is 1.43 bits per heavy atom. The molecule has 0 heteroatoms. The highest BCUT2D eigenvalue weighted by Crippen LogP contribution is 2.69. The minimum atomic E-state index is 1.23.